The fourth-order valence-corrected chi connectivity index (χ4v) is 3.28. The smallest absolute Gasteiger partial charge is 0.260 e. The first-order valence-corrected chi connectivity index (χ1v) is 8.05. The summed E-state index contributed by atoms with van der Waals surface area (Å²) in [5, 5.41) is 11.9. The number of aromatic amines is 1. The maximum atomic E-state index is 12.5. The zero-order valence-electron chi connectivity index (χ0n) is 13.6. The molecule has 0 fully saturated rings. The number of halogens is 1. The van der Waals surface area contributed by atoms with Crippen molar-refractivity contribution in [2.24, 2.45) is 0 Å². The van der Waals surface area contributed by atoms with Gasteiger partial charge in [0.1, 0.15) is 5.75 Å². The van der Waals surface area contributed by atoms with Crippen LogP contribution in [-0.4, -0.2) is 10.1 Å². The number of hydrogen-bond donors (Lipinski definition) is 2. The van der Waals surface area contributed by atoms with Gasteiger partial charge in [0, 0.05) is 10.4 Å². The lowest BCUT2D eigenvalue weighted by Gasteiger charge is -2.11. The quantitative estimate of drug-likeness (QED) is 0.667. The van der Waals surface area contributed by atoms with E-state index in [1.165, 1.54) is 0 Å². The van der Waals surface area contributed by atoms with Crippen LogP contribution in [0, 0.1) is 13.8 Å². The van der Waals surface area contributed by atoms with Crippen molar-refractivity contribution >= 4 is 22.5 Å². The van der Waals surface area contributed by atoms with E-state index in [0.29, 0.717) is 27.9 Å². The molecule has 1 heterocycles. The number of hydrogen-bond acceptors (Lipinski definition) is 2. The summed E-state index contributed by atoms with van der Waals surface area (Å²) in [6.45, 7) is 7.65. The predicted molar refractivity (Wildman–Crippen MR) is 100 cm³/mol. The van der Waals surface area contributed by atoms with Crippen molar-refractivity contribution in [1.82, 2.24) is 4.98 Å². The third-order valence-corrected chi connectivity index (χ3v) is 4.38. The molecule has 2 N–H and O–H groups in total. The summed E-state index contributed by atoms with van der Waals surface area (Å²) in [5.41, 5.74) is 4.09. The van der Waals surface area contributed by atoms with Gasteiger partial charge < -0.3 is 10.1 Å². The highest BCUT2D eigenvalue weighted by Crippen LogP contribution is 2.35. The molecule has 0 spiro atoms. The van der Waals surface area contributed by atoms with Gasteiger partial charge in [-0.15, -0.1) is 6.58 Å². The minimum Gasteiger partial charge on any atom is -0.506 e. The Kier molecular flexibility index (Phi) is 4.20. The summed E-state index contributed by atoms with van der Waals surface area (Å²) < 4.78 is 0. The molecule has 3 nitrogen and oxygen atoms in total. The predicted octanol–water partition coefficient (Wildman–Crippen LogP) is 4.90. The van der Waals surface area contributed by atoms with Gasteiger partial charge in [0.2, 0.25) is 0 Å². The Labute approximate surface area is 145 Å². The Morgan fingerprint density at radius 2 is 1.83 bits per heavy atom. The van der Waals surface area contributed by atoms with Gasteiger partial charge in [-0.2, -0.15) is 0 Å². The summed E-state index contributed by atoms with van der Waals surface area (Å²) in [6.07, 6.45) is 2.34. The van der Waals surface area contributed by atoms with E-state index in [0.717, 1.165) is 16.7 Å². The molecule has 1 aromatic heterocycles. The molecule has 0 aliphatic rings. The van der Waals surface area contributed by atoms with Crippen LogP contribution < -0.4 is 5.56 Å². The van der Waals surface area contributed by atoms with Gasteiger partial charge in [0.25, 0.3) is 5.56 Å². The first-order valence-electron chi connectivity index (χ1n) is 7.67. The Hall–Kier alpha value is -2.52. The van der Waals surface area contributed by atoms with E-state index in [1.807, 2.05) is 32.0 Å². The fourth-order valence-electron chi connectivity index (χ4n) is 3.04. The summed E-state index contributed by atoms with van der Waals surface area (Å²) in [7, 11) is 0. The Morgan fingerprint density at radius 1 is 1.17 bits per heavy atom. The zero-order valence-corrected chi connectivity index (χ0v) is 14.4. The van der Waals surface area contributed by atoms with Crippen molar-refractivity contribution in [3.05, 3.63) is 75.1 Å². The number of rotatable bonds is 3. The summed E-state index contributed by atoms with van der Waals surface area (Å²) in [6, 6.07) is 9.28. The standard InChI is InChI=1S/C20H18ClNO2/c1-4-5-13-9-15-17(10-16(13)21)22-20(24)18(19(15)23)14-7-11(2)6-12(3)8-14/h4,6-10H,1,5H2,2-3H3,(H2,22,23,24). The van der Waals surface area contributed by atoms with Crippen LogP contribution >= 0.6 is 11.6 Å². The summed E-state index contributed by atoms with van der Waals surface area (Å²) >= 11 is 6.23. The van der Waals surface area contributed by atoms with Gasteiger partial charge in [-0.1, -0.05) is 47.0 Å². The second kappa shape index (κ2) is 6.17. The van der Waals surface area contributed by atoms with E-state index in [1.54, 1.807) is 18.2 Å². The average molecular weight is 340 g/mol. The van der Waals surface area contributed by atoms with Crippen molar-refractivity contribution in [3.63, 3.8) is 0 Å². The molecule has 0 aliphatic heterocycles. The van der Waals surface area contributed by atoms with E-state index in [2.05, 4.69) is 11.6 Å². The number of nitrogens with one attached hydrogen (secondary N) is 1. The number of allylic oxidation sites excluding steroid dienone is 1. The van der Waals surface area contributed by atoms with Crippen LogP contribution in [0.2, 0.25) is 5.02 Å². The molecule has 3 aromatic rings. The number of benzene rings is 2. The van der Waals surface area contributed by atoms with Crippen LogP contribution in [0.4, 0.5) is 0 Å². The maximum Gasteiger partial charge on any atom is 0.260 e. The maximum absolute atomic E-state index is 12.5. The highest BCUT2D eigenvalue weighted by atomic mass is 35.5. The first kappa shape index (κ1) is 16.3. The minimum absolute atomic E-state index is 0.0271. The molecule has 0 aliphatic carbocycles. The molecule has 3 rings (SSSR count). The molecule has 0 atom stereocenters. The third-order valence-electron chi connectivity index (χ3n) is 4.03. The van der Waals surface area contributed by atoms with E-state index in [4.69, 9.17) is 11.6 Å². The minimum atomic E-state index is -0.336. The molecule has 4 heteroatoms. The lowest BCUT2D eigenvalue weighted by atomic mass is 9.98. The Bertz CT molecular complexity index is 998. The van der Waals surface area contributed by atoms with E-state index in [9.17, 15) is 9.90 Å². The number of H-pyrrole nitrogens is 1. The summed E-state index contributed by atoms with van der Waals surface area (Å²) in [4.78, 5) is 15.3. The Morgan fingerprint density at radius 3 is 2.46 bits per heavy atom. The summed E-state index contributed by atoms with van der Waals surface area (Å²) in [5.74, 6) is -0.0271. The molecule has 2 aromatic carbocycles. The first-order chi connectivity index (χ1) is 11.4. The van der Waals surface area contributed by atoms with Crippen LogP contribution in [0.3, 0.4) is 0 Å². The van der Waals surface area contributed by atoms with Crippen molar-refractivity contribution in [2.45, 2.75) is 20.3 Å². The average Bonchev–Trinajstić information content (AvgIpc) is 2.48. The van der Waals surface area contributed by atoms with Gasteiger partial charge in [-0.05, 0) is 43.5 Å². The van der Waals surface area contributed by atoms with Crippen molar-refractivity contribution in [2.75, 3.05) is 0 Å². The zero-order chi connectivity index (χ0) is 17.4. The molecule has 0 saturated heterocycles. The highest BCUT2D eigenvalue weighted by molar-refractivity contribution is 6.32. The van der Waals surface area contributed by atoms with Gasteiger partial charge >= 0.3 is 0 Å². The van der Waals surface area contributed by atoms with Crippen LogP contribution in [0.5, 0.6) is 5.75 Å². The topological polar surface area (TPSA) is 53.1 Å². The van der Waals surface area contributed by atoms with Crippen LogP contribution in [0.25, 0.3) is 22.0 Å². The lowest BCUT2D eigenvalue weighted by molar-refractivity contribution is 0.482. The van der Waals surface area contributed by atoms with Crippen LogP contribution in [-0.2, 0) is 6.42 Å². The number of pyridine rings is 1. The molecule has 0 amide bonds. The van der Waals surface area contributed by atoms with E-state index < -0.39 is 0 Å². The number of aromatic hydroxyl groups is 1. The van der Waals surface area contributed by atoms with Gasteiger partial charge in [0.15, 0.2) is 0 Å². The fraction of sp³-hybridized carbons (Fsp3) is 0.150. The van der Waals surface area contributed by atoms with Crippen molar-refractivity contribution < 1.29 is 5.11 Å². The monoisotopic (exact) mass is 339 g/mol. The highest BCUT2D eigenvalue weighted by Gasteiger charge is 2.16. The van der Waals surface area contributed by atoms with E-state index >= 15 is 0 Å². The molecule has 0 bridgehead atoms. The van der Waals surface area contributed by atoms with Gasteiger partial charge in [-0.25, -0.2) is 0 Å². The molecule has 122 valence electrons. The second-order valence-corrected chi connectivity index (χ2v) is 6.44. The number of aryl methyl sites for hydroxylation is 2. The van der Waals surface area contributed by atoms with E-state index in [-0.39, 0.29) is 16.9 Å². The SMILES string of the molecule is C=CCc1cc2c(O)c(-c3cc(C)cc(C)c3)c(=O)[nH]c2cc1Cl. The molecule has 24 heavy (non-hydrogen) atoms. The molecule has 0 unspecified atom stereocenters. The van der Waals surface area contributed by atoms with Crippen molar-refractivity contribution in [3.8, 4) is 16.9 Å². The van der Waals surface area contributed by atoms with Crippen LogP contribution in [0.15, 0.2) is 47.8 Å². The van der Waals surface area contributed by atoms with Gasteiger partial charge in [-0.3, -0.25) is 4.79 Å². The molecular weight excluding hydrogens is 322 g/mol. The normalized spacial score (nSPS) is 11.0. The Balaban J connectivity index is 2.35. The lowest BCUT2D eigenvalue weighted by Crippen LogP contribution is -2.10. The number of fused-ring (bicyclic) bond motifs is 1. The molecule has 0 saturated carbocycles. The van der Waals surface area contributed by atoms with Crippen LogP contribution in [0.1, 0.15) is 16.7 Å². The molecule has 0 radical (unpaired) electrons. The van der Waals surface area contributed by atoms with Crippen molar-refractivity contribution in [1.29, 1.82) is 0 Å². The van der Waals surface area contributed by atoms with Gasteiger partial charge in [0.05, 0.1) is 11.1 Å². The molecular formula is C20H18ClNO2. The number of aromatic nitrogens is 1. The largest absolute Gasteiger partial charge is 0.506 e. The third kappa shape index (κ3) is 2.83. The second-order valence-electron chi connectivity index (χ2n) is 6.04.